The number of likely N-dealkylation sites (tertiary alicyclic amines) is 1. The van der Waals surface area contributed by atoms with E-state index in [9.17, 15) is 14.7 Å². The average Bonchev–Trinajstić information content (AvgIpc) is 3.23. The second kappa shape index (κ2) is 13.3. The lowest BCUT2D eigenvalue weighted by atomic mass is 9.94. The van der Waals surface area contributed by atoms with Gasteiger partial charge in [-0.3, -0.25) is 9.59 Å². The number of ketones is 1. The van der Waals surface area contributed by atoms with Gasteiger partial charge >= 0.3 is 0 Å². The van der Waals surface area contributed by atoms with Crippen molar-refractivity contribution in [3.8, 4) is 11.5 Å². The Kier molecular flexibility index (Phi) is 9.61. The second-order valence-electron chi connectivity index (χ2n) is 9.94. The summed E-state index contributed by atoms with van der Waals surface area (Å²) in [5.41, 5.74) is 2.87. The van der Waals surface area contributed by atoms with Crippen LogP contribution in [0.25, 0.3) is 5.76 Å². The van der Waals surface area contributed by atoms with E-state index in [4.69, 9.17) is 9.47 Å². The summed E-state index contributed by atoms with van der Waals surface area (Å²) in [4.78, 5) is 29.5. The summed E-state index contributed by atoms with van der Waals surface area (Å²) in [5, 5.41) is 13.9. The summed E-state index contributed by atoms with van der Waals surface area (Å²) < 4.78 is 11.6. The molecule has 1 aliphatic heterocycles. The van der Waals surface area contributed by atoms with Gasteiger partial charge in [-0.15, -0.1) is 0 Å². The minimum atomic E-state index is -0.757. The Morgan fingerprint density at radius 2 is 1.62 bits per heavy atom. The molecule has 1 heterocycles. The Bertz CT molecular complexity index is 1350. The number of carbonyl (C=O) groups is 2. The van der Waals surface area contributed by atoms with Crippen LogP contribution >= 0.6 is 0 Å². The first-order valence-corrected chi connectivity index (χ1v) is 14.0. The van der Waals surface area contributed by atoms with Crippen molar-refractivity contribution >= 4 is 17.4 Å². The van der Waals surface area contributed by atoms with E-state index in [0.717, 1.165) is 24.2 Å². The van der Waals surface area contributed by atoms with E-state index in [1.54, 1.807) is 23.1 Å². The molecular weight excluding hydrogens is 504 g/mol. The van der Waals surface area contributed by atoms with E-state index in [2.05, 4.69) is 13.8 Å². The fraction of sp³-hybridized carbons (Fsp3) is 0.333. The van der Waals surface area contributed by atoms with Crippen LogP contribution in [-0.4, -0.2) is 49.4 Å². The van der Waals surface area contributed by atoms with E-state index in [-0.39, 0.29) is 5.57 Å². The van der Waals surface area contributed by atoms with Gasteiger partial charge in [0.05, 0.1) is 38.8 Å². The van der Waals surface area contributed by atoms with Crippen LogP contribution in [0.2, 0.25) is 0 Å². The maximum atomic E-state index is 13.9. The number of nitrogens with one attached hydrogen (secondary N) is 1. The third kappa shape index (κ3) is 6.37. The number of rotatable bonds is 12. The zero-order chi connectivity index (χ0) is 28.6. The molecule has 3 aromatic rings. The van der Waals surface area contributed by atoms with Crippen molar-refractivity contribution in [1.82, 2.24) is 4.90 Å². The fourth-order valence-corrected chi connectivity index (χ4v) is 5.09. The topological polar surface area (TPSA) is 83.3 Å². The molecule has 0 aromatic heterocycles. The molecule has 7 nitrogen and oxygen atoms in total. The van der Waals surface area contributed by atoms with Crippen LogP contribution in [0.4, 0.5) is 0 Å². The number of nitrogens with zero attached hydrogens (tertiary/aromatic N) is 1. The van der Waals surface area contributed by atoms with Crippen molar-refractivity contribution < 1.29 is 29.1 Å². The quantitative estimate of drug-likeness (QED) is 0.216. The number of carbonyl (C=O) groups excluding carboxylic acids is 2. The summed E-state index contributed by atoms with van der Waals surface area (Å²) in [5.74, 6) is -0.455. The zero-order valence-electron chi connectivity index (χ0n) is 23.7. The van der Waals surface area contributed by atoms with Gasteiger partial charge in [0.2, 0.25) is 5.78 Å². The Labute approximate surface area is 236 Å². The van der Waals surface area contributed by atoms with Gasteiger partial charge in [0, 0.05) is 5.57 Å². The largest absolute Gasteiger partial charge is 0.872 e. The van der Waals surface area contributed by atoms with Gasteiger partial charge in [0.1, 0.15) is 18.1 Å². The summed E-state index contributed by atoms with van der Waals surface area (Å²) in [6.45, 7) is 11.8. The van der Waals surface area contributed by atoms with Crippen LogP contribution in [-0.2, 0) is 16.2 Å². The minimum Gasteiger partial charge on any atom is -0.872 e. The van der Waals surface area contributed by atoms with Crippen molar-refractivity contribution in [2.45, 2.75) is 40.3 Å². The van der Waals surface area contributed by atoms with Crippen molar-refractivity contribution in [3.63, 3.8) is 0 Å². The van der Waals surface area contributed by atoms with Crippen LogP contribution in [0.5, 0.6) is 11.5 Å². The molecule has 0 radical (unpaired) electrons. The molecule has 3 aromatic carbocycles. The molecule has 1 N–H and O–H groups in total. The van der Waals surface area contributed by atoms with Gasteiger partial charge in [-0.25, -0.2) is 0 Å². The first kappa shape index (κ1) is 28.9. The zero-order valence-corrected chi connectivity index (χ0v) is 23.7. The van der Waals surface area contributed by atoms with Crippen LogP contribution in [0.1, 0.15) is 49.1 Å². The molecular formula is C33H38N2O5. The molecule has 1 saturated heterocycles. The fourth-order valence-electron chi connectivity index (χ4n) is 5.09. The normalized spacial score (nSPS) is 16.5. The van der Waals surface area contributed by atoms with Gasteiger partial charge in [-0.2, -0.15) is 0 Å². The number of ether oxygens (including phenoxy) is 2. The summed E-state index contributed by atoms with van der Waals surface area (Å²) in [6.07, 6.45) is 0. The molecule has 1 fully saturated rings. The maximum Gasteiger partial charge on any atom is 0.295 e. The Balaban J connectivity index is 1.69. The van der Waals surface area contributed by atoms with E-state index in [0.29, 0.717) is 48.9 Å². The lowest BCUT2D eigenvalue weighted by Gasteiger charge is -2.28. The number of amides is 1. The molecule has 4 rings (SSSR count). The van der Waals surface area contributed by atoms with Gasteiger partial charge in [-0.05, 0) is 74.2 Å². The SMILES string of the molecule is CCOc1ccc(C2C(=C([O-])c3ccc(OCc4ccccc4)c(C)c3)C(=O)C(=O)N2CC[NH+](CC)CC)cc1. The summed E-state index contributed by atoms with van der Waals surface area (Å²) in [7, 11) is 0. The highest BCUT2D eigenvalue weighted by Crippen LogP contribution is 2.39. The Hall–Kier alpha value is -4.10. The highest BCUT2D eigenvalue weighted by molar-refractivity contribution is 6.46. The first-order valence-electron chi connectivity index (χ1n) is 14.0. The Morgan fingerprint density at radius 3 is 2.25 bits per heavy atom. The number of likely N-dealkylation sites (N-methyl/N-ethyl adjacent to an activating group) is 1. The molecule has 0 saturated carbocycles. The minimum absolute atomic E-state index is 0.0129. The number of Topliss-reactive ketones (excluding diaryl/α,β-unsaturated/α-hetero) is 1. The molecule has 0 aliphatic carbocycles. The smallest absolute Gasteiger partial charge is 0.295 e. The van der Waals surface area contributed by atoms with Crippen LogP contribution in [0.3, 0.4) is 0 Å². The van der Waals surface area contributed by atoms with Crippen LogP contribution in [0.15, 0.2) is 78.4 Å². The van der Waals surface area contributed by atoms with E-state index >= 15 is 0 Å². The summed E-state index contributed by atoms with van der Waals surface area (Å²) in [6, 6.07) is 21.5. The van der Waals surface area contributed by atoms with Crippen molar-refractivity contribution in [1.29, 1.82) is 0 Å². The third-order valence-corrected chi connectivity index (χ3v) is 7.42. The van der Waals surface area contributed by atoms with Crippen LogP contribution in [0, 0.1) is 6.92 Å². The van der Waals surface area contributed by atoms with Crippen molar-refractivity contribution in [2.24, 2.45) is 0 Å². The second-order valence-corrected chi connectivity index (χ2v) is 9.94. The average molecular weight is 543 g/mol. The number of benzene rings is 3. The maximum absolute atomic E-state index is 13.9. The highest BCUT2D eigenvalue weighted by atomic mass is 16.5. The van der Waals surface area contributed by atoms with E-state index in [1.165, 1.54) is 4.90 Å². The number of hydrogen-bond donors (Lipinski definition) is 1. The first-order chi connectivity index (χ1) is 19.4. The lowest BCUT2D eigenvalue weighted by Crippen LogP contribution is -3.12. The monoisotopic (exact) mass is 542 g/mol. The molecule has 210 valence electrons. The molecule has 40 heavy (non-hydrogen) atoms. The lowest BCUT2D eigenvalue weighted by molar-refractivity contribution is -0.895. The Morgan fingerprint density at radius 1 is 0.925 bits per heavy atom. The van der Waals surface area contributed by atoms with E-state index < -0.39 is 23.5 Å². The molecule has 1 unspecified atom stereocenters. The van der Waals surface area contributed by atoms with Gasteiger partial charge in [0.25, 0.3) is 5.91 Å². The highest BCUT2D eigenvalue weighted by Gasteiger charge is 2.44. The standard InChI is InChI=1S/C33H38N2O5/c1-5-34(6-2)19-20-35-30(25-13-16-27(17-14-25)39-7-3)29(32(37)33(35)38)31(36)26-15-18-28(23(4)21-26)40-22-24-11-9-8-10-12-24/h8-18,21,30,36H,5-7,19-20,22H2,1-4H3. The van der Waals surface area contributed by atoms with Crippen molar-refractivity contribution in [2.75, 3.05) is 32.8 Å². The molecule has 7 heteroatoms. The third-order valence-electron chi connectivity index (χ3n) is 7.42. The van der Waals surface area contributed by atoms with Gasteiger partial charge in [-0.1, -0.05) is 54.3 Å². The summed E-state index contributed by atoms with van der Waals surface area (Å²) >= 11 is 0. The molecule has 1 amide bonds. The number of quaternary nitrogens is 1. The van der Waals surface area contributed by atoms with Gasteiger partial charge < -0.3 is 24.4 Å². The van der Waals surface area contributed by atoms with Crippen molar-refractivity contribution in [3.05, 3.63) is 101 Å². The van der Waals surface area contributed by atoms with Gasteiger partial charge in [0.15, 0.2) is 0 Å². The molecule has 0 bridgehead atoms. The van der Waals surface area contributed by atoms with Crippen LogP contribution < -0.4 is 19.5 Å². The molecule has 0 spiro atoms. The predicted molar refractivity (Wildman–Crippen MR) is 153 cm³/mol. The number of hydrogen-bond acceptors (Lipinski definition) is 5. The predicted octanol–water partition coefficient (Wildman–Crippen LogP) is 3.12. The molecule has 1 atom stereocenters. The number of aryl methyl sites for hydroxylation is 1. The molecule has 1 aliphatic rings. The van der Waals surface area contributed by atoms with E-state index in [1.807, 2.05) is 68.4 Å².